The minimum Gasteiger partial charge on any atom is -0.341 e. The normalized spacial score (nSPS) is 10.7. The third kappa shape index (κ3) is 4.91. The van der Waals surface area contributed by atoms with Gasteiger partial charge in [-0.2, -0.15) is 15.5 Å². The average molecular weight is 390 g/mol. The number of para-hydroxylation sites is 1. The van der Waals surface area contributed by atoms with Crippen LogP contribution in [0, 0.1) is 25.2 Å². The lowest BCUT2D eigenvalue weighted by Gasteiger charge is -2.16. The number of benzene rings is 1. The van der Waals surface area contributed by atoms with Crippen molar-refractivity contribution >= 4 is 5.91 Å². The van der Waals surface area contributed by atoms with E-state index in [-0.39, 0.29) is 5.91 Å². The Morgan fingerprint density at radius 2 is 2.00 bits per heavy atom. The van der Waals surface area contributed by atoms with Crippen molar-refractivity contribution in [2.75, 3.05) is 7.05 Å². The summed E-state index contributed by atoms with van der Waals surface area (Å²) in [5.41, 5.74) is 5.05. The molecule has 0 aliphatic heterocycles. The van der Waals surface area contributed by atoms with E-state index in [1.807, 2.05) is 66.8 Å². The average Bonchev–Trinajstić information content (AvgIpc) is 3.29. The second-order valence-corrected chi connectivity index (χ2v) is 7.16. The zero-order chi connectivity index (χ0) is 20.8. The van der Waals surface area contributed by atoms with E-state index in [1.165, 1.54) is 0 Å². The first-order valence-corrected chi connectivity index (χ1v) is 9.72. The summed E-state index contributed by atoms with van der Waals surface area (Å²) in [4.78, 5) is 14.4. The van der Waals surface area contributed by atoms with Crippen LogP contribution in [0.15, 0.2) is 42.7 Å². The van der Waals surface area contributed by atoms with Crippen molar-refractivity contribution < 1.29 is 4.79 Å². The summed E-state index contributed by atoms with van der Waals surface area (Å²) in [5, 5.41) is 17.7. The molecule has 0 fully saturated rings. The zero-order valence-corrected chi connectivity index (χ0v) is 17.2. The molecular weight excluding hydrogens is 364 g/mol. The van der Waals surface area contributed by atoms with Crippen LogP contribution >= 0.6 is 0 Å². The second kappa shape index (κ2) is 9.20. The molecule has 0 radical (unpaired) electrons. The van der Waals surface area contributed by atoms with E-state index in [4.69, 9.17) is 5.26 Å². The zero-order valence-electron chi connectivity index (χ0n) is 17.2. The number of nitrogens with zero attached hydrogens (tertiary/aromatic N) is 6. The van der Waals surface area contributed by atoms with Crippen molar-refractivity contribution in [2.45, 2.75) is 46.2 Å². The van der Waals surface area contributed by atoms with Gasteiger partial charge < -0.3 is 4.90 Å². The molecule has 0 N–H and O–H groups in total. The van der Waals surface area contributed by atoms with E-state index >= 15 is 0 Å². The maximum Gasteiger partial charge on any atom is 0.222 e. The molecule has 3 aromatic rings. The van der Waals surface area contributed by atoms with Crippen molar-refractivity contribution in [1.82, 2.24) is 24.5 Å². The summed E-state index contributed by atoms with van der Waals surface area (Å²) < 4.78 is 3.68. The molecule has 2 heterocycles. The van der Waals surface area contributed by atoms with Gasteiger partial charge in [0.1, 0.15) is 0 Å². The van der Waals surface area contributed by atoms with E-state index in [1.54, 1.807) is 11.1 Å². The summed E-state index contributed by atoms with van der Waals surface area (Å²) in [7, 11) is 1.82. The molecule has 0 bridgehead atoms. The van der Waals surface area contributed by atoms with Crippen LogP contribution in [0.4, 0.5) is 0 Å². The topological polar surface area (TPSA) is 79.7 Å². The molecule has 0 saturated carbocycles. The molecule has 1 amide bonds. The molecule has 2 aromatic heterocycles. The first kappa shape index (κ1) is 20.3. The van der Waals surface area contributed by atoms with Crippen LogP contribution in [0.25, 0.3) is 5.69 Å². The minimum absolute atomic E-state index is 0.0843. The van der Waals surface area contributed by atoms with E-state index in [0.717, 1.165) is 28.2 Å². The van der Waals surface area contributed by atoms with Crippen LogP contribution < -0.4 is 0 Å². The number of hydrogen-bond acceptors (Lipinski definition) is 4. The Balaban J connectivity index is 1.57. The number of nitriles is 1. The van der Waals surface area contributed by atoms with Gasteiger partial charge in [0, 0.05) is 37.5 Å². The molecule has 0 aliphatic carbocycles. The largest absolute Gasteiger partial charge is 0.341 e. The second-order valence-electron chi connectivity index (χ2n) is 7.16. The summed E-state index contributed by atoms with van der Waals surface area (Å²) >= 11 is 0. The summed E-state index contributed by atoms with van der Waals surface area (Å²) in [6.07, 6.45) is 5.25. The fraction of sp³-hybridized carbons (Fsp3) is 0.364. The Morgan fingerprint density at radius 3 is 2.72 bits per heavy atom. The van der Waals surface area contributed by atoms with E-state index in [0.29, 0.717) is 32.4 Å². The van der Waals surface area contributed by atoms with Gasteiger partial charge in [-0.1, -0.05) is 18.2 Å². The van der Waals surface area contributed by atoms with Crippen molar-refractivity contribution in [3.05, 3.63) is 65.2 Å². The standard InChI is InChI=1S/C22H26N6O/c1-17-21(18(2)27(25-17)13-7-12-23)10-11-22(29)26(3)15-19-14-24-28(16-19)20-8-5-4-6-9-20/h4-6,8-9,14,16H,7,10-11,13,15H2,1-3H3. The number of carbonyl (C=O) groups excluding carboxylic acids is 1. The molecule has 0 spiro atoms. The fourth-order valence-corrected chi connectivity index (χ4v) is 3.42. The molecular formula is C22H26N6O. The van der Waals surface area contributed by atoms with Crippen LogP contribution in [0.2, 0.25) is 0 Å². The highest BCUT2D eigenvalue weighted by Crippen LogP contribution is 2.17. The highest BCUT2D eigenvalue weighted by Gasteiger charge is 2.15. The predicted octanol–water partition coefficient (Wildman–Crippen LogP) is 3.19. The van der Waals surface area contributed by atoms with Gasteiger partial charge in [0.15, 0.2) is 0 Å². The van der Waals surface area contributed by atoms with Crippen LogP contribution in [-0.4, -0.2) is 37.4 Å². The Labute approximate surface area is 171 Å². The highest BCUT2D eigenvalue weighted by atomic mass is 16.2. The lowest BCUT2D eigenvalue weighted by molar-refractivity contribution is -0.130. The smallest absolute Gasteiger partial charge is 0.222 e. The van der Waals surface area contributed by atoms with Gasteiger partial charge in [-0.15, -0.1) is 0 Å². The monoisotopic (exact) mass is 390 g/mol. The number of aryl methyl sites for hydroxylation is 2. The molecule has 29 heavy (non-hydrogen) atoms. The number of carbonyl (C=O) groups is 1. The van der Waals surface area contributed by atoms with Gasteiger partial charge in [-0.05, 0) is 38.0 Å². The van der Waals surface area contributed by atoms with E-state index in [2.05, 4.69) is 16.3 Å². The maximum atomic E-state index is 12.6. The third-order valence-electron chi connectivity index (χ3n) is 5.06. The molecule has 3 rings (SSSR count). The SMILES string of the molecule is Cc1nn(CCC#N)c(C)c1CCC(=O)N(C)Cc1cnn(-c2ccccc2)c1. The van der Waals surface area contributed by atoms with Gasteiger partial charge in [0.2, 0.25) is 5.91 Å². The summed E-state index contributed by atoms with van der Waals surface area (Å²) in [5.74, 6) is 0.0843. The first-order valence-electron chi connectivity index (χ1n) is 9.72. The highest BCUT2D eigenvalue weighted by molar-refractivity contribution is 5.76. The van der Waals surface area contributed by atoms with Crippen molar-refractivity contribution in [3.8, 4) is 11.8 Å². The van der Waals surface area contributed by atoms with Crippen LogP contribution in [0.3, 0.4) is 0 Å². The number of aromatic nitrogens is 4. The Hall–Kier alpha value is -3.40. The Kier molecular flexibility index (Phi) is 6.45. The Bertz CT molecular complexity index is 1010. The molecule has 0 saturated heterocycles. The fourth-order valence-electron chi connectivity index (χ4n) is 3.42. The summed E-state index contributed by atoms with van der Waals surface area (Å²) in [6, 6.07) is 12.0. The lowest BCUT2D eigenvalue weighted by atomic mass is 10.1. The first-order chi connectivity index (χ1) is 14.0. The molecule has 0 aliphatic rings. The van der Waals surface area contributed by atoms with Gasteiger partial charge in [-0.25, -0.2) is 4.68 Å². The van der Waals surface area contributed by atoms with Gasteiger partial charge in [-0.3, -0.25) is 9.48 Å². The predicted molar refractivity (Wildman–Crippen MR) is 110 cm³/mol. The molecule has 7 nitrogen and oxygen atoms in total. The molecule has 0 unspecified atom stereocenters. The van der Waals surface area contributed by atoms with Gasteiger partial charge >= 0.3 is 0 Å². The lowest BCUT2D eigenvalue weighted by Crippen LogP contribution is -2.26. The quantitative estimate of drug-likeness (QED) is 0.592. The van der Waals surface area contributed by atoms with Crippen molar-refractivity contribution in [1.29, 1.82) is 5.26 Å². The van der Waals surface area contributed by atoms with Crippen molar-refractivity contribution in [3.63, 3.8) is 0 Å². The number of hydrogen-bond donors (Lipinski definition) is 0. The molecule has 150 valence electrons. The maximum absolute atomic E-state index is 12.6. The van der Waals surface area contributed by atoms with E-state index < -0.39 is 0 Å². The van der Waals surface area contributed by atoms with Gasteiger partial charge in [0.25, 0.3) is 0 Å². The Morgan fingerprint density at radius 1 is 1.24 bits per heavy atom. The van der Waals surface area contributed by atoms with Crippen LogP contribution in [0.5, 0.6) is 0 Å². The van der Waals surface area contributed by atoms with Crippen molar-refractivity contribution in [2.24, 2.45) is 0 Å². The summed E-state index contributed by atoms with van der Waals surface area (Å²) in [6.45, 7) is 5.06. The number of rotatable bonds is 8. The molecule has 0 atom stereocenters. The third-order valence-corrected chi connectivity index (χ3v) is 5.06. The molecule has 7 heteroatoms. The van der Waals surface area contributed by atoms with Crippen LogP contribution in [-0.2, 0) is 24.3 Å². The van der Waals surface area contributed by atoms with Gasteiger partial charge in [0.05, 0.1) is 36.6 Å². The minimum atomic E-state index is 0.0843. The molecule has 1 aromatic carbocycles. The van der Waals surface area contributed by atoms with Crippen LogP contribution in [0.1, 0.15) is 35.4 Å². The number of amides is 1. The van der Waals surface area contributed by atoms with E-state index in [9.17, 15) is 4.79 Å².